The van der Waals surface area contributed by atoms with Crippen LogP contribution in [0.4, 0.5) is 0 Å². The zero-order valence-corrected chi connectivity index (χ0v) is 17.6. The fourth-order valence-electron chi connectivity index (χ4n) is 4.39. The van der Waals surface area contributed by atoms with Crippen molar-refractivity contribution in [2.75, 3.05) is 13.7 Å². The maximum absolute atomic E-state index is 12.8. The first kappa shape index (κ1) is 19.4. The smallest absolute Gasteiger partial charge is 0.223 e. The van der Waals surface area contributed by atoms with Crippen molar-refractivity contribution in [3.05, 3.63) is 95.8 Å². The molecule has 1 fully saturated rings. The Morgan fingerprint density at radius 3 is 2.39 bits per heavy atom. The molecule has 0 radical (unpaired) electrons. The molecule has 0 bridgehead atoms. The molecule has 5 heteroatoms. The number of benzene rings is 3. The molecular weight excluding hydrogens is 386 g/mol. The first-order valence-corrected chi connectivity index (χ1v) is 10.6. The maximum Gasteiger partial charge on any atom is 0.223 e. The highest BCUT2D eigenvalue weighted by Gasteiger charge is 2.34. The van der Waals surface area contributed by atoms with E-state index in [1.807, 2.05) is 53.4 Å². The number of fused-ring (bicyclic) bond motifs is 1. The molecule has 1 aromatic heterocycles. The van der Waals surface area contributed by atoms with Crippen LogP contribution < -0.4 is 4.74 Å². The van der Waals surface area contributed by atoms with Crippen LogP contribution in [0.2, 0.25) is 0 Å². The number of imidazole rings is 1. The van der Waals surface area contributed by atoms with Gasteiger partial charge in [0, 0.05) is 32.0 Å². The van der Waals surface area contributed by atoms with Crippen molar-refractivity contribution in [1.82, 2.24) is 14.5 Å². The lowest BCUT2D eigenvalue weighted by Gasteiger charge is -2.17. The number of rotatable bonds is 6. The van der Waals surface area contributed by atoms with Crippen molar-refractivity contribution in [3.63, 3.8) is 0 Å². The number of aromatic nitrogens is 2. The van der Waals surface area contributed by atoms with Gasteiger partial charge in [-0.3, -0.25) is 4.79 Å². The number of nitrogens with zero attached hydrogens (tertiary/aromatic N) is 3. The SMILES string of the molecule is COc1ccc(Cn2c([C@H]3CC(=O)N(Cc4ccccc4)C3)nc3ccccc32)cc1. The Bertz CT molecular complexity index is 1200. The van der Waals surface area contributed by atoms with Gasteiger partial charge in [-0.2, -0.15) is 0 Å². The minimum atomic E-state index is 0.0851. The molecule has 156 valence electrons. The summed E-state index contributed by atoms with van der Waals surface area (Å²) in [4.78, 5) is 19.7. The fourth-order valence-corrected chi connectivity index (χ4v) is 4.39. The number of methoxy groups -OCH3 is 1. The largest absolute Gasteiger partial charge is 0.497 e. The molecule has 4 aromatic rings. The van der Waals surface area contributed by atoms with Gasteiger partial charge in [0.2, 0.25) is 5.91 Å². The molecule has 2 heterocycles. The molecule has 31 heavy (non-hydrogen) atoms. The lowest BCUT2D eigenvalue weighted by Crippen LogP contribution is -2.24. The summed E-state index contributed by atoms with van der Waals surface area (Å²) in [6.45, 7) is 2.05. The third-order valence-corrected chi connectivity index (χ3v) is 5.98. The summed E-state index contributed by atoms with van der Waals surface area (Å²) in [7, 11) is 1.68. The Hall–Kier alpha value is -3.60. The monoisotopic (exact) mass is 411 g/mol. The second-order valence-corrected chi connectivity index (χ2v) is 8.05. The third kappa shape index (κ3) is 3.91. The van der Waals surface area contributed by atoms with Gasteiger partial charge in [-0.05, 0) is 35.4 Å². The van der Waals surface area contributed by atoms with Crippen molar-refractivity contribution in [2.24, 2.45) is 0 Å². The summed E-state index contributed by atoms with van der Waals surface area (Å²) < 4.78 is 7.55. The summed E-state index contributed by atoms with van der Waals surface area (Å²) in [5.74, 6) is 2.11. The lowest BCUT2D eigenvalue weighted by molar-refractivity contribution is -0.128. The maximum atomic E-state index is 12.8. The number of hydrogen-bond acceptors (Lipinski definition) is 3. The zero-order valence-electron chi connectivity index (χ0n) is 17.6. The minimum absolute atomic E-state index is 0.0851. The Morgan fingerprint density at radius 2 is 1.61 bits per heavy atom. The predicted octanol–water partition coefficient (Wildman–Crippen LogP) is 4.61. The first-order chi connectivity index (χ1) is 15.2. The zero-order chi connectivity index (χ0) is 21.2. The molecule has 0 aliphatic carbocycles. The Labute approximate surface area is 181 Å². The molecule has 0 N–H and O–H groups in total. The van der Waals surface area contributed by atoms with Gasteiger partial charge in [0.15, 0.2) is 0 Å². The van der Waals surface area contributed by atoms with Gasteiger partial charge in [-0.15, -0.1) is 0 Å². The van der Waals surface area contributed by atoms with Crippen LogP contribution in [0, 0.1) is 0 Å². The van der Waals surface area contributed by atoms with E-state index >= 15 is 0 Å². The second kappa shape index (κ2) is 8.26. The van der Waals surface area contributed by atoms with Crippen molar-refractivity contribution in [3.8, 4) is 5.75 Å². The molecule has 5 nitrogen and oxygen atoms in total. The van der Waals surface area contributed by atoms with Crippen molar-refractivity contribution >= 4 is 16.9 Å². The van der Waals surface area contributed by atoms with E-state index in [4.69, 9.17) is 9.72 Å². The topological polar surface area (TPSA) is 47.4 Å². The van der Waals surface area contributed by atoms with Crippen LogP contribution in [0.1, 0.15) is 29.3 Å². The summed E-state index contributed by atoms with van der Waals surface area (Å²) in [6, 6.07) is 26.5. The van der Waals surface area contributed by atoms with Crippen LogP contribution in [0.5, 0.6) is 5.75 Å². The fraction of sp³-hybridized carbons (Fsp3) is 0.231. The Morgan fingerprint density at radius 1 is 0.903 bits per heavy atom. The molecule has 1 atom stereocenters. The minimum Gasteiger partial charge on any atom is -0.497 e. The van der Waals surface area contributed by atoms with E-state index in [1.165, 1.54) is 5.56 Å². The van der Waals surface area contributed by atoms with Gasteiger partial charge in [0.05, 0.1) is 18.1 Å². The van der Waals surface area contributed by atoms with Crippen LogP contribution >= 0.6 is 0 Å². The molecule has 0 spiro atoms. The van der Waals surface area contributed by atoms with Crippen LogP contribution in [0.25, 0.3) is 11.0 Å². The van der Waals surface area contributed by atoms with Gasteiger partial charge >= 0.3 is 0 Å². The molecule has 1 aliphatic heterocycles. The summed E-state index contributed by atoms with van der Waals surface area (Å²) >= 11 is 0. The van der Waals surface area contributed by atoms with Gasteiger partial charge in [0.25, 0.3) is 0 Å². The Kier molecular flexibility index (Phi) is 5.16. The summed E-state index contributed by atoms with van der Waals surface area (Å²) in [5, 5.41) is 0. The van der Waals surface area contributed by atoms with E-state index in [1.54, 1.807) is 7.11 Å². The summed E-state index contributed by atoms with van der Waals surface area (Å²) in [6.07, 6.45) is 0.499. The van der Waals surface area contributed by atoms with E-state index in [9.17, 15) is 4.79 Å². The van der Waals surface area contributed by atoms with Crippen molar-refractivity contribution in [2.45, 2.75) is 25.4 Å². The second-order valence-electron chi connectivity index (χ2n) is 8.05. The molecular formula is C26H25N3O2. The molecule has 0 saturated carbocycles. The number of para-hydroxylation sites is 2. The first-order valence-electron chi connectivity index (χ1n) is 10.6. The van der Waals surface area contributed by atoms with E-state index in [0.717, 1.165) is 28.2 Å². The van der Waals surface area contributed by atoms with E-state index < -0.39 is 0 Å². The van der Waals surface area contributed by atoms with Gasteiger partial charge in [0.1, 0.15) is 11.6 Å². The average molecular weight is 412 g/mol. The van der Waals surface area contributed by atoms with Crippen LogP contribution in [0.15, 0.2) is 78.9 Å². The molecule has 1 saturated heterocycles. The van der Waals surface area contributed by atoms with E-state index in [2.05, 4.69) is 34.9 Å². The number of likely N-dealkylation sites (tertiary alicyclic amines) is 1. The Balaban J connectivity index is 1.45. The lowest BCUT2D eigenvalue weighted by atomic mass is 10.1. The highest BCUT2D eigenvalue weighted by atomic mass is 16.5. The predicted molar refractivity (Wildman–Crippen MR) is 121 cm³/mol. The number of amides is 1. The third-order valence-electron chi connectivity index (χ3n) is 5.98. The quantitative estimate of drug-likeness (QED) is 0.466. The average Bonchev–Trinajstić information content (AvgIpc) is 3.35. The van der Waals surface area contributed by atoms with Crippen LogP contribution in [0.3, 0.4) is 0 Å². The number of hydrogen-bond donors (Lipinski definition) is 0. The molecule has 1 amide bonds. The van der Waals surface area contributed by atoms with E-state index in [0.29, 0.717) is 26.1 Å². The molecule has 5 rings (SSSR count). The number of carbonyl (C=O) groups excluding carboxylic acids is 1. The standard InChI is InChI=1S/C26H25N3O2/c1-31-22-13-11-20(12-14-22)17-29-24-10-6-5-9-23(24)27-26(29)21-15-25(30)28(18-21)16-19-7-3-2-4-8-19/h2-14,21H,15-18H2,1H3/t21-/m0/s1. The highest BCUT2D eigenvalue weighted by molar-refractivity contribution is 5.81. The highest BCUT2D eigenvalue weighted by Crippen LogP contribution is 2.32. The molecule has 1 aliphatic rings. The normalized spacial score (nSPS) is 16.2. The number of carbonyl (C=O) groups is 1. The number of ether oxygens (including phenoxy) is 1. The van der Waals surface area contributed by atoms with E-state index in [-0.39, 0.29) is 11.8 Å². The van der Waals surface area contributed by atoms with Gasteiger partial charge in [-0.25, -0.2) is 4.98 Å². The van der Waals surface area contributed by atoms with Crippen LogP contribution in [-0.4, -0.2) is 34.0 Å². The molecule has 0 unspecified atom stereocenters. The van der Waals surface area contributed by atoms with Crippen molar-refractivity contribution < 1.29 is 9.53 Å². The van der Waals surface area contributed by atoms with Gasteiger partial charge < -0.3 is 14.2 Å². The molecule has 3 aromatic carbocycles. The summed E-state index contributed by atoms with van der Waals surface area (Å²) in [5.41, 5.74) is 4.40. The van der Waals surface area contributed by atoms with Gasteiger partial charge in [-0.1, -0.05) is 54.6 Å². The van der Waals surface area contributed by atoms with Crippen molar-refractivity contribution in [1.29, 1.82) is 0 Å². The van der Waals surface area contributed by atoms with Crippen LogP contribution in [-0.2, 0) is 17.9 Å².